The number of nitrogens with zero attached hydrogens (tertiary/aromatic N) is 2. The van der Waals surface area contributed by atoms with Crippen molar-refractivity contribution in [1.29, 1.82) is 0 Å². The van der Waals surface area contributed by atoms with Crippen molar-refractivity contribution in [3.8, 4) is 16.3 Å². The maximum atomic E-state index is 4.49. The van der Waals surface area contributed by atoms with E-state index in [9.17, 15) is 0 Å². The number of thiophene rings is 1. The van der Waals surface area contributed by atoms with Crippen molar-refractivity contribution >= 4 is 11.3 Å². The zero-order valence-corrected chi connectivity index (χ0v) is 12.8. The summed E-state index contributed by atoms with van der Waals surface area (Å²) in [6.45, 7) is 6.69. The standard InChI is InChI=1S/C17H18N2S/c1-17(2,3)13-6-4-7-14(12-13)19-15(9-10-18-19)16-8-5-11-20-16/h4-12H,1-3H3. The first-order valence-electron chi connectivity index (χ1n) is 6.74. The lowest BCUT2D eigenvalue weighted by Crippen LogP contribution is -2.11. The molecule has 3 heteroatoms. The first kappa shape index (κ1) is 13.1. The molecule has 0 amide bonds. The molecule has 0 atom stereocenters. The Hall–Kier alpha value is -1.87. The van der Waals surface area contributed by atoms with Crippen LogP contribution in [0.2, 0.25) is 0 Å². The van der Waals surface area contributed by atoms with Gasteiger partial charge in [-0.1, -0.05) is 39.0 Å². The molecule has 3 aromatic rings. The highest BCUT2D eigenvalue weighted by Crippen LogP contribution is 2.29. The Kier molecular flexibility index (Phi) is 3.22. The fourth-order valence-electron chi connectivity index (χ4n) is 2.22. The molecule has 102 valence electrons. The largest absolute Gasteiger partial charge is 0.232 e. The lowest BCUT2D eigenvalue weighted by molar-refractivity contribution is 0.589. The summed E-state index contributed by atoms with van der Waals surface area (Å²) < 4.78 is 2.01. The van der Waals surface area contributed by atoms with Crippen molar-refractivity contribution in [3.05, 3.63) is 59.6 Å². The minimum atomic E-state index is 0.145. The quantitative estimate of drug-likeness (QED) is 0.654. The molecule has 3 rings (SSSR count). The predicted octanol–water partition coefficient (Wildman–Crippen LogP) is 4.90. The van der Waals surface area contributed by atoms with Gasteiger partial charge in [-0.3, -0.25) is 0 Å². The summed E-state index contributed by atoms with van der Waals surface area (Å²) in [7, 11) is 0. The second kappa shape index (κ2) is 4.91. The van der Waals surface area contributed by atoms with Crippen LogP contribution in [-0.4, -0.2) is 9.78 Å². The Labute approximate surface area is 123 Å². The second-order valence-electron chi connectivity index (χ2n) is 5.91. The number of rotatable bonds is 2. The van der Waals surface area contributed by atoms with E-state index in [0.29, 0.717) is 0 Å². The molecule has 20 heavy (non-hydrogen) atoms. The molecule has 0 aliphatic carbocycles. The van der Waals surface area contributed by atoms with Crippen LogP contribution in [0.25, 0.3) is 16.3 Å². The third-order valence-electron chi connectivity index (χ3n) is 3.37. The average Bonchev–Trinajstić information content (AvgIpc) is 3.08. The third kappa shape index (κ3) is 2.41. The second-order valence-corrected chi connectivity index (χ2v) is 6.85. The van der Waals surface area contributed by atoms with Gasteiger partial charge in [0.05, 0.1) is 22.5 Å². The van der Waals surface area contributed by atoms with Gasteiger partial charge in [-0.15, -0.1) is 11.3 Å². The first-order chi connectivity index (χ1) is 9.55. The molecule has 2 nitrogen and oxygen atoms in total. The maximum Gasteiger partial charge on any atom is 0.0840 e. The zero-order valence-electron chi connectivity index (χ0n) is 12.0. The van der Waals surface area contributed by atoms with Crippen LogP contribution in [0, 0.1) is 0 Å². The van der Waals surface area contributed by atoms with Crippen LogP contribution in [0.4, 0.5) is 0 Å². The molecule has 0 fully saturated rings. The Morgan fingerprint density at radius 1 is 1.05 bits per heavy atom. The normalized spacial score (nSPS) is 11.8. The molecule has 0 spiro atoms. The zero-order chi connectivity index (χ0) is 14.2. The molecule has 1 aromatic carbocycles. The van der Waals surface area contributed by atoms with Gasteiger partial charge in [-0.2, -0.15) is 5.10 Å². The highest BCUT2D eigenvalue weighted by molar-refractivity contribution is 7.13. The van der Waals surface area contributed by atoms with Gasteiger partial charge in [0.25, 0.3) is 0 Å². The van der Waals surface area contributed by atoms with Crippen LogP contribution in [0.5, 0.6) is 0 Å². The number of hydrogen-bond acceptors (Lipinski definition) is 2. The van der Waals surface area contributed by atoms with E-state index in [1.54, 1.807) is 11.3 Å². The van der Waals surface area contributed by atoms with Gasteiger partial charge < -0.3 is 0 Å². The molecule has 0 aliphatic rings. The lowest BCUT2D eigenvalue weighted by atomic mass is 9.87. The van der Waals surface area contributed by atoms with E-state index < -0.39 is 0 Å². The van der Waals surface area contributed by atoms with Crippen LogP contribution in [0.15, 0.2) is 54.0 Å². The van der Waals surface area contributed by atoms with Crippen molar-refractivity contribution < 1.29 is 0 Å². The van der Waals surface area contributed by atoms with E-state index in [1.165, 1.54) is 10.4 Å². The van der Waals surface area contributed by atoms with Crippen LogP contribution < -0.4 is 0 Å². The molecule has 2 aromatic heterocycles. The Bertz CT molecular complexity index is 703. The van der Waals surface area contributed by atoms with Crippen LogP contribution in [0.1, 0.15) is 26.3 Å². The molecule has 0 bridgehead atoms. The van der Waals surface area contributed by atoms with E-state index in [4.69, 9.17) is 0 Å². The van der Waals surface area contributed by atoms with E-state index in [-0.39, 0.29) is 5.41 Å². The summed E-state index contributed by atoms with van der Waals surface area (Å²) >= 11 is 1.74. The SMILES string of the molecule is CC(C)(C)c1cccc(-n2nccc2-c2cccs2)c1. The Morgan fingerprint density at radius 3 is 2.60 bits per heavy atom. The summed E-state index contributed by atoms with van der Waals surface area (Å²) in [6, 6.07) is 14.9. The molecular weight excluding hydrogens is 264 g/mol. The van der Waals surface area contributed by atoms with Crippen molar-refractivity contribution in [2.45, 2.75) is 26.2 Å². The molecular formula is C17H18N2S. The fourth-order valence-corrected chi connectivity index (χ4v) is 2.96. The molecule has 0 aliphatic heterocycles. The van der Waals surface area contributed by atoms with Gasteiger partial charge in [-0.05, 0) is 40.6 Å². The summed E-state index contributed by atoms with van der Waals surface area (Å²) in [5, 5.41) is 6.58. The number of benzene rings is 1. The minimum Gasteiger partial charge on any atom is -0.232 e. The van der Waals surface area contributed by atoms with E-state index in [1.807, 2.05) is 10.9 Å². The Balaban J connectivity index is 2.09. The maximum absolute atomic E-state index is 4.49. The summed E-state index contributed by atoms with van der Waals surface area (Å²) in [4.78, 5) is 1.24. The highest BCUT2D eigenvalue weighted by atomic mass is 32.1. The molecule has 0 saturated carbocycles. The topological polar surface area (TPSA) is 17.8 Å². The van der Waals surface area contributed by atoms with Crippen molar-refractivity contribution in [2.75, 3.05) is 0 Å². The van der Waals surface area contributed by atoms with Gasteiger partial charge in [0.1, 0.15) is 0 Å². The van der Waals surface area contributed by atoms with Gasteiger partial charge >= 0.3 is 0 Å². The van der Waals surface area contributed by atoms with Crippen molar-refractivity contribution in [3.63, 3.8) is 0 Å². The molecule has 0 unspecified atom stereocenters. The predicted molar refractivity (Wildman–Crippen MR) is 85.6 cm³/mol. The summed E-state index contributed by atoms with van der Waals surface area (Å²) in [5.41, 5.74) is 3.73. The monoisotopic (exact) mass is 282 g/mol. The molecule has 2 heterocycles. The molecule has 0 saturated heterocycles. The summed E-state index contributed by atoms with van der Waals surface area (Å²) in [5.74, 6) is 0. The van der Waals surface area contributed by atoms with Gasteiger partial charge in [0.2, 0.25) is 0 Å². The first-order valence-corrected chi connectivity index (χ1v) is 7.62. The Morgan fingerprint density at radius 2 is 1.90 bits per heavy atom. The average molecular weight is 282 g/mol. The summed E-state index contributed by atoms with van der Waals surface area (Å²) in [6.07, 6.45) is 1.86. The highest BCUT2D eigenvalue weighted by Gasteiger charge is 2.15. The van der Waals surface area contributed by atoms with Crippen LogP contribution in [-0.2, 0) is 5.41 Å². The van der Waals surface area contributed by atoms with Crippen LogP contribution >= 0.6 is 11.3 Å². The smallest absolute Gasteiger partial charge is 0.0840 e. The minimum absolute atomic E-state index is 0.145. The van der Waals surface area contributed by atoms with Crippen molar-refractivity contribution in [1.82, 2.24) is 9.78 Å². The number of aromatic nitrogens is 2. The van der Waals surface area contributed by atoms with E-state index >= 15 is 0 Å². The number of hydrogen-bond donors (Lipinski definition) is 0. The van der Waals surface area contributed by atoms with Gasteiger partial charge in [-0.25, -0.2) is 4.68 Å². The third-order valence-corrected chi connectivity index (χ3v) is 4.27. The van der Waals surface area contributed by atoms with Gasteiger partial charge in [0.15, 0.2) is 0 Å². The molecule has 0 radical (unpaired) electrons. The fraction of sp³-hybridized carbons (Fsp3) is 0.235. The van der Waals surface area contributed by atoms with Gasteiger partial charge in [0, 0.05) is 0 Å². The molecule has 0 N–H and O–H groups in total. The van der Waals surface area contributed by atoms with Crippen LogP contribution in [0.3, 0.4) is 0 Å². The van der Waals surface area contributed by atoms with Crippen molar-refractivity contribution in [2.24, 2.45) is 0 Å². The van der Waals surface area contributed by atoms with E-state index in [2.05, 4.69) is 73.7 Å². The van der Waals surface area contributed by atoms with E-state index in [0.717, 1.165) is 11.4 Å². The lowest BCUT2D eigenvalue weighted by Gasteiger charge is -2.20.